The SMILES string of the molecule is O=C1C([Se]c2ccccc2)CC[C@H]2CC3C[C@]12CCC31OCCO1. The number of ketones is 1. The minimum atomic E-state index is -0.344. The molecule has 0 amide bonds. The maximum atomic E-state index is 13.5. The first-order valence-electron chi connectivity index (χ1n) is 9.26. The Morgan fingerprint density at radius 1 is 1.00 bits per heavy atom. The molecule has 2 unspecified atom stereocenters. The molecule has 4 heteroatoms. The molecule has 0 N–H and O–H groups in total. The zero-order chi connectivity index (χ0) is 16.2. The van der Waals surface area contributed by atoms with Gasteiger partial charge in [0, 0.05) is 0 Å². The summed E-state index contributed by atoms with van der Waals surface area (Å²) in [6, 6.07) is 10.6. The number of Topliss-reactive ketones (excluding diaryl/α,β-unsaturated/α-hetero) is 1. The zero-order valence-electron chi connectivity index (χ0n) is 13.9. The molecule has 1 aromatic rings. The minimum absolute atomic E-state index is 0.0509. The molecule has 24 heavy (non-hydrogen) atoms. The van der Waals surface area contributed by atoms with Crippen molar-refractivity contribution in [2.45, 2.75) is 49.1 Å². The summed E-state index contributed by atoms with van der Waals surface area (Å²) in [7, 11) is 0. The van der Waals surface area contributed by atoms with Crippen molar-refractivity contribution in [3.8, 4) is 0 Å². The Labute approximate surface area is 149 Å². The van der Waals surface area contributed by atoms with Gasteiger partial charge in [-0.3, -0.25) is 0 Å². The topological polar surface area (TPSA) is 35.5 Å². The van der Waals surface area contributed by atoms with Crippen LogP contribution in [-0.2, 0) is 14.3 Å². The van der Waals surface area contributed by atoms with Crippen LogP contribution >= 0.6 is 0 Å². The third kappa shape index (κ3) is 2.20. The summed E-state index contributed by atoms with van der Waals surface area (Å²) in [4.78, 5) is 13.8. The second kappa shape index (κ2) is 5.67. The van der Waals surface area contributed by atoms with Gasteiger partial charge in [0.25, 0.3) is 0 Å². The molecule has 2 spiro atoms. The molecular formula is C20H24O3Se. The van der Waals surface area contributed by atoms with Crippen LogP contribution in [0.3, 0.4) is 0 Å². The van der Waals surface area contributed by atoms with Gasteiger partial charge in [-0.2, -0.15) is 0 Å². The van der Waals surface area contributed by atoms with E-state index in [0.29, 0.717) is 17.6 Å². The van der Waals surface area contributed by atoms with Crippen molar-refractivity contribution in [1.29, 1.82) is 0 Å². The van der Waals surface area contributed by atoms with Crippen LogP contribution in [0.25, 0.3) is 0 Å². The summed E-state index contributed by atoms with van der Waals surface area (Å²) in [6.07, 6.45) is 6.35. The van der Waals surface area contributed by atoms with Crippen molar-refractivity contribution in [3.63, 3.8) is 0 Å². The van der Waals surface area contributed by atoms with E-state index < -0.39 is 0 Å². The molecule has 1 saturated heterocycles. The molecule has 3 saturated carbocycles. The summed E-state index contributed by atoms with van der Waals surface area (Å²) >= 11 is 0.269. The molecule has 128 valence electrons. The molecule has 4 atom stereocenters. The van der Waals surface area contributed by atoms with Gasteiger partial charge in [-0.25, -0.2) is 0 Å². The van der Waals surface area contributed by atoms with Crippen LogP contribution < -0.4 is 4.46 Å². The molecule has 0 radical (unpaired) electrons. The van der Waals surface area contributed by atoms with Gasteiger partial charge >= 0.3 is 149 Å². The standard InChI is InChI=1S/C20H24O3Se/c21-18-17(24-16-4-2-1-3-5-16)7-6-14-12-15-13-19(14,18)8-9-20(15)22-10-11-23-20/h1-5,14-15,17H,6-13H2/t14-,15?,17?,19-/m0/s1. The van der Waals surface area contributed by atoms with Crippen molar-refractivity contribution in [2.75, 3.05) is 13.2 Å². The van der Waals surface area contributed by atoms with Crippen molar-refractivity contribution in [2.24, 2.45) is 17.3 Å². The van der Waals surface area contributed by atoms with E-state index in [1.807, 2.05) is 0 Å². The molecule has 0 aromatic heterocycles. The van der Waals surface area contributed by atoms with Crippen LogP contribution in [0.4, 0.5) is 0 Å². The summed E-state index contributed by atoms with van der Waals surface area (Å²) in [5.41, 5.74) is -0.0509. The van der Waals surface area contributed by atoms with Gasteiger partial charge < -0.3 is 0 Å². The summed E-state index contributed by atoms with van der Waals surface area (Å²) in [5, 5.41) is 0. The normalized spacial score (nSPS) is 40.0. The molecule has 3 nitrogen and oxygen atoms in total. The molecule has 1 heterocycles. The monoisotopic (exact) mass is 392 g/mol. The Balaban J connectivity index is 1.39. The Hall–Kier alpha value is -0.671. The summed E-state index contributed by atoms with van der Waals surface area (Å²) in [6.45, 7) is 1.45. The number of ether oxygens (including phenoxy) is 2. The van der Waals surface area contributed by atoms with Crippen LogP contribution in [-0.4, -0.2) is 39.7 Å². The van der Waals surface area contributed by atoms with E-state index in [1.54, 1.807) is 0 Å². The third-order valence-electron chi connectivity index (χ3n) is 6.86. The average molecular weight is 391 g/mol. The molecular weight excluding hydrogens is 367 g/mol. The van der Waals surface area contributed by atoms with E-state index in [9.17, 15) is 4.79 Å². The molecule has 1 aromatic carbocycles. The first-order chi connectivity index (χ1) is 11.7. The Morgan fingerprint density at radius 2 is 1.79 bits per heavy atom. The Bertz CT molecular complexity index is 640. The number of hydrogen-bond acceptors (Lipinski definition) is 3. The second-order valence-corrected chi connectivity index (χ2v) is 10.5. The fraction of sp³-hybridized carbons (Fsp3) is 0.650. The number of fused-ring (bicyclic) bond motifs is 2. The van der Waals surface area contributed by atoms with E-state index in [2.05, 4.69) is 30.3 Å². The first kappa shape index (κ1) is 15.6. The molecule has 5 rings (SSSR count). The number of hydrogen-bond donors (Lipinski definition) is 0. The van der Waals surface area contributed by atoms with E-state index in [0.717, 1.165) is 45.3 Å². The molecule has 3 aliphatic carbocycles. The van der Waals surface area contributed by atoms with Gasteiger partial charge in [0.2, 0.25) is 0 Å². The summed E-state index contributed by atoms with van der Waals surface area (Å²) < 4.78 is 13.4. The van der Waals surface area contributed by atoms with Crippen LogP contribution in [0.15, 0.2) is 30.3 Å². The maximum absolute atomic E-state index is 13.5. The van der Waals surface area contributed by atoms with Gasteiger partial charge in [-0.05, 0) is 0 Å². The number of carbonyl (C=O) groups excluding carboxylic acids is 1. The first-order valence-corrected chi connectivity index (χ1v) is 11.1. The zero-order valence-corrected chi connectivity index (χ0v) is 15.6. The summed E-state index contributed by atoms with van der Waals surface area (Å²) in [5.74, 6) is 1.25. The molecule has 4 aliphatic rings. The van der Waals surface area contributed by atoms with Crippen LogP contribution in [0, 0.1) is 17.3 Å². The van der Waals surface area contributed by atoms with Gasteiger partial charge in [-0.15, -0.1) is 0 Å². The third-order valence-corrected chi connectivity index (χ3v) is 9.54. The van der Waals surface area contributed by atoms with Gasteiger partial charge in [0.05, 0.1) is 0 Å². The Kier molecular flexibility index (Phi) is 3.68. The number of rotatable bonds is 2. The molecule has 4 fully saturated rings. The van der Waals surface area contributed by atoms with Crippen molar-refractivity contribution in [3.05, 3.63) is 30.3 Å². The number of carbonyl (C=O) groups is 1. The quantitative estimate of drug-likeness (QED) is 0.728. The fourth-order valence-corrected chi connectivity index (χ4v) is 8.35. The molecule has 1 aliphatic heterocycles. The molecule has 2 bridgehead atoms. The van der Waals surface area contributed by atoms with Crippen LogP contribution in [0.2, 0.25) is 4.82 Å². The van der Waals surface area contributed by atoms with Crippen LogP contribution in [0.1, 0.15) is 38.5 Å². The van der Waals surface area contributed by atoms with E-state index in [1.165, 1.54) is 10.9 Å². The van der Waals surface area contributed by atoms with Gasteiger partial charge in [0.1, 0.15) is 0 Å². The fourth-order valence-electron chi connectivity index (χ4n) is 5.75. The van der Waals surface area contributed by atoms with E-state index in [4.69, 9.17) is 9.47 Å². The van der Waals surface area contributed by atoms with Crippen LogP contribution in [0.5, 0.6) is 0 Å². The van der Waals surface area contributed by atoms with Gasteiger partial charge in [-0.1, -0.05) is 0 Å². The average Bonchev–Trinajstić information content (AvgIpc) is 3.20. The Morgan fingerprint density at radius 3 is 2.58 bits per heavy atom. The number of benzene rings is 1. The second-order valence-electron chi connectivity index (χ2n) is 7.86. The predicted molar refractivity (Wildman–Crippen MR) is 92.3 cm³/mol. The van der Waals surface area contributed by atoms with E-state index >= 15 is 0 Å². The van der Waals surface area contributed by atoms with Crippen molar-refractivity contribution >= 4 is 25.2 Å². The predicted octanol–water partition coefficient (Wildman–Crippen LogP) is 2.72. The van der Waals surface area contributed by atoms with E-state index in [-0.39, 0.29) is 31.0 Å². The van der Waals surface area contributed by atoms with Crippen molar-refractivity contribution in [1.82, 2.24) is 0 Å². The van der Waals surface area contributed by atoms with Gasteiger partial charge in [0.15, 0.2) is 0 Å². The van der Waals surface area contributed by atoms with Crippen molar-refractivity contribution < 1.29 is 14.3 Å².